The zero-order chi connectivity index (χ0) is 20.1. The van der Waals surface area contributed by atoms with Crippen LogP contribution in [0.3, 0.4) is 0 Å². The Morgan fingerprint density at radius 2 is 1.79 bits per heavy atom. The monoisotopic (exact) mass is 402 g/mol. The number of nitrogens with zero attached hydrogens (tertiary/aromatic N) is 1. The summed E-state index contributed by atoms with van der Waals surface area (Å²) in [6.45, 7) is 2.93. The van der Waals surface area contributed by atoms with Crippen LogP contribution in [0.1, 0.15) is 48.1 Å². The zero-order valence-electron chi connectivity index (χ0n) is 16.2. The van der Waals surface area contributed by atoms with Crippen LogP contribution in [0.15, 0.2) is 53.4 Å². The first-order chi connectivity index (χ1) is 13.4. The number of rotatable bonds is 6. The van der Waals surface area contributed by atoms with Gasteiger partial charge in [0.1, 0.15) is 5.75 Å². The van der Waals surface area contributed by atoms with E-state index in [1.54, 1.807) is 25.3 Å². The van der Waals surface area contributed by atoms with Gasteiger partial charge in [-0.25, -0.2) is 8.42 Å². The van der Waals surface area contributed by atoms with Gasteiger partial charge in [0.25, 0.3) is 5.91 Å². The van der Waals surface area contributed by atoms with Crippen LogP contribution in [0.25, 0.3) is 0 Å². The van der Waals surface area contributed by atoms with Crippen molar-refractivity contribution in [3.63, 3.8) is 0 Å². The second kappa shape index (κ2) is 8.75. The van der Waals surface area contributed by atoms with Crippen molar-refractivity contribution in [2.75, 3.05) is 20.2 Å². The molecule has 1 atom stereocenters. The molecule has 0 spiro atoms. The van der Waals surface area contributed by atoms with E-state index in [0.717, 1.165) is 24.8 Å². The van der Waals surface area contributed by atoms with Gasteiger partial charge in [0.2, 0.25) is 10.0 Å². The van der Waals surface area contributed by atoms with Gasteiger partial charge >= 0.3 is 0 Å². The molecule has 1 amide bonds. The average Bonchev–Trinajstić information content (AvgIpc) is 2.74. The molecule has 6 nitrogen and oxygen atoms in total. The predicted octanol–water partition coefficient (Wildman–Crippen LogP) is 3.36. The Morgan fingerprint density at radius 3 is 2.50 bits per heavy atom. The quantitative estimate of drug-likeness (QED) is 0.804. The number of hydrogen-bond acceptors (Lipinski definition) is 4. The Balaban J connectivity index is 1.78. The fourth-order valence-electron chi connectivity index (χ4n) is 3.43. The molecule has 1 fully saturated rings. The molecular weight excluding hydrogens is 376 g/mol. The summed E-state index contributed by atoms with van der Waals surface area (Å²) in [5.41, 5.74) is 1.18. The lowest BCUT2D eigenvalue weighted by molar-refractivity contribution is 0.0939. The van der Waals surface area contributed by atoms with Crippen LogP contribution in [0, 0.1) is 0 Å². The molecule has 7 heteroatoms. The number of methoxy groups -OCH3 is 1. The smallest absolute Gasteiger partial charge is 0.251 e. The summed E-state index contributed by atoms with van der Waals surface area (Å²) in [6, 6.07) is 13.4. The summed E-state index contributed by atoms with van der Waals surface area (Å²) < 4.78 is 32.6. The minimum absolute atomic E-state index is 0.159. The molecule has 1 aliphatic rings. The molecule has 1 saturated heterocycles. The highest BCUT2D eigenvalue weighted by atomic mass is 32.2. The van der Waals surface area contributed by atoms with Crippen molar-refractivity contribution < 1.29 is 17.9 Å². The van der Waals surface area contributed by atoms with E-state index in [1.807, 2.05) is 31.2 Å². The Morgan fingerprint density at radius 1 is 1.07 bits per heavy atom. The van der Waals surface area contributed by atoms with Crippen molar-refractivity contribution in [1.82, 2.24) is 9.62 Å². The number of carbonyl (C=O) groups is 1. The minimum Gasteiger partial charge on any atom is -0.496 e. The van der Waals surface area contributed by atoms with Crippen molar-refractivity contribution in [1.29, 1.82) is 0 Å². The van der Waals surface area contributed by atoms with Crippen LogP contribution in [0.4, 0.5) is 0 Å². The van der Waals surface area contributed by atoms with E-state index in [-0.39, 0.29) is 16.8 Å². The molecule has 0 radical (unpaired) electrons. The number of sulfonamides is 1. The number of nitrogens with one attached hydrogen (secondary N) is 1. The maximum atomic E-state index is 12.9. The van der Waals surface area contributed by atoms with Crippen LogP contribution in [-0.4, -0.2) is 38.8 Å². The van der Waals surface area contributed by atoms with Gasteiger partial charge < -0.3 is 10.1 Å². The topological polar surface area (TPSA) is 75.7 Å². The van der Waals surface area contributed by atoms with Gasteiger partial charge in [0.15, 0.2) is 0 Å². The molecule has 150 valence electrons. The Labute approximate surface area is 166 Å². The van der Waals surface area contributed by atoms with Crippen molar-refractivity contribution in [2.24, 2.45) is 0 Å². The van der Waals surface area contributed by atoms with Crippen LogP contribution < -0.4 is 10.1 Å². The van der Waals surface area contributed by atoms with Crippen LogP contribution in [-0.2, 0) is 10.0 Å². The van der Waals surface area contributed by atoms with E-state index in [4.69, 9.17) is 4.74 Å². The normalized spacial score (nSPS) is 16.4. The standard InChI is InChI=1S/C21H26N2O4S/c1-16(19-11-4-5-12-20(19)27-2)22-21(24)17-9-8-10-18(15-17)28(25,26)23-13-6-3-7-14-23/h4-5,8-12,15-16H,3,6-7,13-14H2,1-2H3,(H,22,24)/t16-/m1/s1. The third-order valence-corrected chi connectivity index (χ3v) is 6.90. The Bertz CT molecular complexity index is 937. The SMILES string of the molecule is COc1ccccc1[C@@H](C)NC(=O)c1cccc(S(=O)(=O)N2CCCCC2)c1. The minimum atomic E-state index is -3.58. The fourth-order valence-corrected chi connectivity index (χ4v) is 5.00. The number of ether oxygens (including phenoxy) is 1. The molecule has 0 bridgehead atoms. The average molecular weight is 403 g/mol. The zero-order valence-corrected chi connectivity index (χ0v) is 17.0. The number of benzene rings is 2. The first-order valence-corrected chi connectivity index (χ1v) is 10.9. The van der Waals surface area contributed by atoms with Gasteiger partial charge in [0.05, 0.1) is 18.0 Å². The molecule has 0 aromatic heterocycles. The summed E-state index contributed by atoms with van der Waals surface area (Å²) in [5.74, 6) is 0.367. The van der Waals surface area contributed by atoms with Gasteiger partial charge in [-0.15, -0.1) is 0 Å². The summed E-state index contributed by atoms with van der Waals surface area (Å²) >= 11 is 0. The van der Waals surface area contributed by atoms with Crippen molar-refractivity contribution in [2.45, 2.75) is 37.1 Å². The molecule has 0 aliphatic carbocycles. The van der Waals surface area contributed by atoms with Gasteiger partial charge in [-0.05, 0) is 44.0 Å². The Hall–Kier alpha value is -2.38. The summed E-state index contributed by atoms with van der Waals surface area (Å²) in [4.78, 5) is 12.9. The second-order valence-electron chi connectivity index (χ2n) is 6.93. The number of hydrogen-bond donors (Lipinski definition) is 1. The highest BCUT2D eigenvalue weighted by Crippen LogP contribution is 2.25. The van der Waals surface area contributed by atoms with E-state index >= 15 is 0 Å². The van der Waals surface area contributed by atoms with Gasteiger partial charge in [-0.1, -0.05) is 30.7 Å². The third-order valence-electron chi connectivity index (χ3n) is 5.00. The number of para-hydroxylation sites is 1. The number of amides is 1. The molecule has 0 unspecified atom stereocenters. The van der Waals surface area contributed by atoms with E-state index in [2.05, 4.69) is 5.32 Å². The maximum absolute atomic E-state index is 12.9. The van der Waals surface area contributed by atoms with E-state index in [0.29, 0.717) is 24.4 Å². The molecule has 3 rings (SSSR count). The van der Waals surface area contributed by atoms with Gasteiger partial charge in [-0.3, -0.25) is 4.79 Å². The third kappa shape index (κ3) is 4.36. The summed E-state index contributed by atoms with van der Waals surface area (Å²) in [6.07, 6.45) is 2.79. The molecule has 2 aromatic carbocycles. The molecular formula is C21H26N2O4S. The van der Waals surface area contributed by atoms with Gasteiger partial charge in [-0.2, -0.15) is 4.31 Å². The predicted molar refractivity (Wildman–Crippen MR) is 108 cm³/mol. The lowest BCUT2D eigenvalue weighted by atomic mass is 10.1. The van der Waals surface area contributed by atoms with Crippen LogP contribution in [0.5, 0.6) is 5.75 Å². The van der Waals surface area contributed by atoms with Crippen molar-refractivity contribution >= 4 is 15.9 Å². The summed E-state index contributed by atoms with van der Waals surface area (Å²) in [7, 11) is -1.99. The highest BCUT2D eigenvalue weighted by molar-refractivity contribution is 7.89. The van der Waals surface area contributed by atoms with Crippen molar-refractivity contribution in [3.05, 3.63) is 59.7 Å². The van der Waals surface area contributed by atoms with E-state index < -0.39 is 10.0 Å². The number of carbonyl (C=O) groups excluding carboxylic acids is 1. The maximum Gasteiger partial charge on any atom is 0.251 e. The largest absolute Gasteiger partial charge is 0.496 e. The first-order valence-electron chi connectivity index (χ1n) is 9.47. The van der Waals surface area contributed by atoms with E-state index in [1.165, 1.54) is 10.4 Å². The molecule has 1 aliphatic heterocycles. The number of piperidine rings is 1. The fraction of sp³-hybridized carbons (Fsp3) is 0.381. The Kier molecular flexibility index (Phi) is 6.36. The first kappa shape index (κ1) is 20.4. The van der Waals surface area contributed by atoms with E-state index in [9.17, 15) is 13.2 Å². The molecule has 1 heterocycles. The van der Waals surface area contributed by atoms with Crippen molar-refractivity contribution in [3.8, 4) is 5.75 Å². The van der Waals surface area contributed by atoms with Crippen LogP contribution in [0.2, 0.25) is 0 Å². The molecule has 2 aromatic rings. The lowest BCUT2D eigenvalue weighted by Crippen LogP contribution is -2.35. The lowest BCUT2D eigenvalue weighted by Gasteiger charge is -2.26. The van der Waals surface area contributed by atoms with Crippen LogP contribution >= 0.6 is 0 Å². The second-order valence-corrected chi connectivity index (χ2v) is 8.87. The molecule has 28 heavy (non-hydrogen) atoms. The molecule has 0 saturated carbocycles. The summed E-state index contributed by atoms with van der Waals surface area (Å²) in [5, 5.41) is 2.92. The molecule has 1 N–H and O–H groups in total. The van der Waals surface area contributed by atoms with Gasteiger partial charge in [0, 0.05) is 24.2 Å². The highest BCUT2D eigenvalue weighted by Gasteiger charge is 2.26.